The van der Waals surface area contributed by atoms with Gasteiger partial charge >= 0.3 is 0 Å². The van der Waals surface area contributed by atoms with Gasteiger partial charge in [0.05, 0.1) is 25.7 Å². The van der Waals surface area contributed by atoms with Gasteiger partial charge in [-0.25, -0.2) is 4.98 Å². The highest BCUT2D eigenvalue weighted by Crippen LogP contribution is 2.22. The van der Waals surface area contributed by atoms with E-state index in [1.54, 1.807) is 18.3 Å². The van der Waals surface area contributed by atoms with Crippen molar-refractivity contribution in [1.82, 2.24) is 4.98 Å². The third kappa shape index (κ3) is 2.77. The lowest BCUT2D eigenvalue weighted by Gasteiger charge is -2.15. The molecule has 98 valence electrons. The third-order valence-electron chi connectivity index (χ3n) is 2.77. The molecule has 6 heteroatoms. The summed E-state index contributed by atoms with van der Waals surface area (Å²) in [5, 5.41) is 2.78. The Kier molecular flexibility index (Phi) is 4.11. The highest BCUT2D eigenvalue weighted by atomic mass is 16.5. The summed E-state index contributed by atoms with van der Waals surface area (Å²) in [7, 11) is 0. The molecule has 0 saturated carbocycles. The molecule has 0 aromatic carbocycles. The first-order valence-corrected chi connectivity index (χ1v) is 5.94. The molecule has 1 aliphatic heterocycles. The molecule has 6 nitrogen and oxygen atoms in total. The molecule has 0 radical (unpaired) electrons. The number of nitrogens with two attached hydrogens (primary N) is 1. The fourth-order valence-corrected chi connectivity index (χ4v) is 1.80. The minimum absolute atomic E-state index is 0.158. The van der Waals surface area contributed by atoms with Crippen LogP contribution in [0.2, 0.25) is 0 Å². The highest BCUT2D eigenvalue weighted by Gasteiger charge is 2.31. The number of rotatable bonds is 4. The Morgan fingerprint density at radius 3 is 3.17 bits per heavy atom. The SMILES string of the molecule is CCOc1ncccc1NC(=O)C1COCC1N. The molecule has 1 aromatic heterocycles. The van der Waals surface area contributed by atoms with E-state index in [-0.39, 0.29) is 17.9 Å². The normalized spacial score (nSPS) is 22.8. The first kappa shape index (κ1) is 12.8. The molecule has 2 unspecified atom stereocenters. The molecular formula is C12H17N3O3. The maximum absolute atomic E-state index is 12.0. The number of amides is 1. The van der Waals surface area contributed by atoms with Crippen LogP contribution < -0.4 is 15.8 Å². The quantitative estimate of drug-likeness (QED) is 0.808. The number of carbonyl (C=O) groups excluding carboxylic acids is 1. The standard InChI is InChI=1S/C12H17N3O3/c1-2-18-12-10(4-3-5-14-12)15-11(16)8-6-17-7-9(8)13/h3-5,8-9H,2,6-7,13H2,1H3,(H,15,16). The lowest BCUT2D eigenvalue weighted by molar-refractivity contribution is -0.120. The monoisotopic (exact) mass is 251 g/mol. The predicted octanol–water partition coefficient (Wildman–Crippen LogP) is 0.392. The van der Waals surface area contributed by atoms with Gasteiger partial charge in [-0.05, 0) is 19.1 Å². The van der Waals surface area contributed by atoms with E-state index < -0.39 is 0 Å². The molecule has 1 amide bonds. The second-order valence-electron chi connectivity index (χ2n) is 4.09. The van der Waals surface area contributed by atoms with Gasteiger partial charge < -0.3 is 20.5 Å². The lowest BCUT2D eigenvalue weighted by atomic mass is 10.0. The van der Waals surface area contributed by atoms with Gasteiger partial charge in [-0.15, -0.1) is 0 Å². The van der Waals surface area contributed by atoms with Gasteiger partial charge in [-0.2, -0.15) is 0 Å². The minimum Gasteiger partial charge on any atom is -0.476 e. The molecule has 0 bridgehead atoms. The van der Waals surface area contributed by atoms with Crippen molar-refractivity contribution >= 4 is 11.6 Å². The van der Waals surface area contributed by atoms with E-state index in [4.69, 9.17) is 15.2 Å². The number of hydrogen-bond acceptors (Lipinski definition) is 5. The molecule has 0 aliphatic carbocycles. The lowest BCUT2D eigenvalue weighted by Crippen LogP contribution is -2.37. The second kappa shape index (κ2) is 5.79. The van der Waals surface area contributed by atoms with Gasteiger partial charge in [0.1, 0.15) is 5.69 Å². The van der Waals surface area contributed by atoms with E-state index >= 15 is 0 Å². The van der Waals surface area contributed by atoms with Crippen molar-refractivity contribution in [3.63, 3.8) is 0 Å². The van der Waals surface area contributed by atoms with Crippen molar-refractivity contribution in [2.75, 3.05) is 25.1 Å². The molecule has 1 fully saturated rings. The van der Waals surface area contributed by atoms with Crippen LogP contribution in [0, 0.1) is 5.92 Å². The van der Waals surface area contributed by atoms with Gasteiger partial charge in [-0.3, -0.25) is 4.79 Å². The van der Waals surface area contributed by atoms with Crippen LogP contribution in [0.4, 0.5) is 5.69 Å². The zero-order chi connectivity index (χ0) is 13.0. The van der Waals surface area contributed by atoms with Crippen LogP contribution in [0.1, 0.15) is 6.92 Å². The van der Waals surface area contributed by atoms with Crippen LogP contribution in [0.25, 0.3) is 0 Å². The topological polar surface area (TPSA) is 86.5 Å². The maximum atomic E-state index is 12.0. The van der Waals surface area contributed by atoms with Crippen LogP contribution in [0.15, 0.2) is 18.3 Å². The first-order chi connectivity index (χ1) is 8.72. The van der Waals surface area contributed by atoms with E-state index in [0.717, 1.165) is 0 Å². The number of ether oxygens (including phenoxy) is 2. The molecule has 18 heavy (non-hydrogen) atoms. The van der Waals surface area contributed by atoms with Gasteiger partial charge in [0.2, 0.25) is 11.8 Å². The van der Waals surface area contributed by atoms with Crippen molar-refractivity contribution < 1.29 is 14.3 Å². The number of nitrogens with zero attached hydrogens (tertiary/aromatic N) is 1. The van der Waals surface area contributed by atoms with Crippen LogP contribution in [0.3, 0.4) is 0 Å². The number of carbonyl (C=O) groups is 1. The fourth-order valence-electron chi connectivity index (χ4n) is 1.80. The Hall–Kier alpha value is -1.66. The summed E-state index contributed by atoms with van der Waals surface area (Å²) in [5.41, 5.74) is 6.36. The van der Waals surface area contributed by atoms with Crippen molar-refractivity contribution in [1.29, 1.82) is 0 Å². The summed E-state index contributed by atoms with van der Waals surface area (Å²) in [6, 6.07) is 3.23. The van der Waals surface area contributed by atoms with Gasteiger partial charge in [0.25, 0.3) is 0 Å². The van der Waals surface area contributed by atoms with E-state index in [2.05, 4.69) is 10.3 Å². The molecule has 1 saturated heterocycles. The smallest absolute Gasteiger partial charge is 0.237 e. The fraction of sp³-hybridized carbons (Fsp3) is 0.500. The molecule has 3 N–H and O–H groups in total. The molecule has 1 aromatic rings. The Labute approximate surface area is 105 Å². The maximum Gasteiger partial charge on any atom is 0.237 e. The summed E-state index contributed by atoms with van der Waals surface area (Å²) in [6.45, 7) is 3.13. The Morgan fingerprint density at radius 1 is 1.67 bits per heavy atom. The van der Waals surface area contributed by atoms with Crippen LogP contribution in [0.5, 0.6) is 5.88 Å². The van der Waals surface area contributed by atoms with E-state index in [1.165, 1.54) is 0 Å². The van der Waals surface area contributed by atoms with Crippen LogP contribution >= 0.6 is 0 Å². The largest absolute Gasteiger partial charge is 0.476 e. The predicted molar refractivity (Wildman–Crippen MR) is 66.3 cm³/mol. The average Bonchev–Trinajstić information content (AvgIpc) is 2.78. The number of nitrogens with one attached hydrogen (secondary N) is 1. The summed E-state index contributed by atoms with van der Waals surface area (Å²) >= 11 is 0. The van der Waals surface area contributed by atoms with Crippen molar-refractivity contribution in [2.45, 2.75) is 13.0 Å². The van der Waals surface area contributed by atoms with Crippen LogP contribution in [-0.4, -0.2) is 36.8 Å². The van der Waals surface area contributed by atoms with E-state index in [0.29, 0.717) is 31.4 Å². The second-order valence-corrected chi connectivity index (χ2v) is 4.09. The number of hydrogen-bond donors (Lipinski definition) is 2. The third-order valence-corrected chi connectivity index (χ3v) is 2.77. The van der Waals surface area contributed by atoms with Gasteiger partial charge in [-0.1, -0.05) is 0 Å². The molecule has 0 spiro atoms. The van der Waals surface area contributed by atoms with Gasteiger partial charge in [0, 0.05) is 12.2 Å². The molecule has 2 heterocycles. The molecule has 2 atom stereocenters. The van der Waals surface area contributed by atoms with E-state index in [9.17, 15) is 4.79 Å². The van der Waals surface area contributed by atoms with Gasteiger partial charge in [0.15, 0.2) is 0 Å². The van der Waals surface area contributed by atoms with E-state index in [1.807, 2.05) is 6.92 Å². The van der Waals surface area contributed by atoms with Crippen molar-refractivity contribution in [2.24, 2.45) is 11.7 Å². The number of anilines is 1. The number of aromatic nitrogens is 1. The zero-order valence-electron chi connectivity index (χ0n) is 10.3. The number of pyridine rings is 1. The zero-order valence-corrected chi connectivity index (χ0v) is 10.3. The average molecular weight is 251 g/mol. The summed E-state index contributed by atoms with van der Waals surface area (Å²) < 4.78 is 10.5. The summed E-state index contributed by atoms with van der Waals surface area (Å²) in [5.74, 6) is -0.0607. The Morgan fingerprint density at radius 2 is 2.50 bits per heavy atom. The Balaban J connectivity index is 2.06. The van der Waals surface area contributed by atoms with Crippen molar-refractivity contribution in [3.05, 3.63) is 18.3 Å². The first-order valence-electron chi connectivity index (χ1n) is 5.94. The van der Waals surface area contributed by atoms with Crippen LogP contribution in [-0.2, 0) is 9.53 Å². The Bertz CT molecular complexity index is 425. The molecule has 2 rings (SSSR count). The van der Waals surface area contributed by atoms with Crippen molar-refractivity contribution in [3.8, 4) is 5.88 Å². The minimum atomic E-state index is -0.320. The summed E-state index contributed by atoms with van der Waals surface area (Å²) in [6.07, 6.45) is 1.62. The molecule has 1 aliphatic rings. The molecular weight excluding hydrogens is 234 g/mol. The summed E-state index contributed by atoms with van der Waals surface area (Å²) in [4.78, 5) is 16.1. The highest BCUT2D eigenvalue weighted by molar-refractivity contribution is 5.94.